The average molecular weight is 153 g/mol. The van der Waals surface area contributed by atoms with E-state index in [-0.39, 0.29) is 6.03 Å². The molecule has 0 fully saturated rings. The van der Waals surface area contributed by atoms with E-state index in [1.54, 1.807) is 6.20 Å². The van der Waals surface area contributed by atoms with Gasteiger partial charge in [0.25, 0.3) is 0 Å². The SMILES string of the molecule is CCNC(=O)N1C=NC=CC1. The number of carbonyl (C=O) groups is 1. The summed E-state index contributed by atoms with van der Waals surface area (Å²) >= 11 is 0. The molecule has 0 aliphatic carbocycles. The minimum Gasteiger partial charge on any atom is -0.338 e. The first-order valence-corrected chi connectivity index (χ1v) is 3.57. The van der Waals surface area contributed by atoms with Gasteiger partial charge in [-0.2, -0.15) is 0 Å². The highest BCUT2D eigenvalue weighted by Gasteiger charge is 2.08. The lowest BCUT2D eigenvalue weighted by Gasteiger charge is -2.16. The molecule has 1 aliphatic heterocycles. The van der Waals surface area contributed by atoms with Crippen molar-refractivity contribution in [2.75, 3.05) is 13.1 Å². The first kappa shape index (κ1) is 7.78. The molecule has 4 nitrogen and oxygen atoms in total. The van der Waals surface area contributed by atoms with Crippen LogP contribution >= 0.6 is 0 Å². The standard InChI is InChI=1S/C7H11N3O/c1-2-9-7(11)10-5-3-4-8-6-10/h3-4,6H,2,5H2,1H3,(H,9,11). The molecule has 0 radical (unpaired) electrons. The van der Waals surface area contributed by atoms with Crippen LogP contribution < -0.4 is 5.32 Å². The quantitative estimate of drug-likeness (QED) is 0.588. The van der Waals surface area contributed by atoms with Crippen molar-refractivity contribution in [2.45, 2.75) is 6.92 Å². The van der Waals surface area contributed by atoms with Crippen molar-refractivity contribution in [2.24, 2.45) is 4.99 Å². The van der Waals surface area contributed by atoms with E-state index >= 15 is 0 Å². The molecule has 1 aliphatic rings. The zero-order valence-electron chi connectivity index (χ0n) is 6.45. The zero-order valence-corrected chi connectivity index (χ0v) is 6.45. The Morgan fingerprint density at radius 2 is 2.64 bits per heavy atom. The highest BCUT2D eigenvalue weighted by Crippen LogP contribution is 1.92. The molecule has 0 aromatic heterocycles. The largest absolute Gasteiger partial charge is 0.338 e. The maximum absolute atomic E-state index is 11.1. The van der Waals surface area contributed by atoms with E-state index in [4.69, 9.17) is 0 Å². The molecule has 0 aromatic carbocycles. The second-order valence-electron chi connectivity index (χ2n) is 2.14. The first-order chi connectivity index (χ1) is 5.34. The molecule has 60 valence electrons. The molecule has 0 saturated heterocycles. The Hall–Kier alpha value is -1.32. The molecule has 0 atom stereocenters. The number of aliphatic imine (C=N–C) groups is 1. The van der Waals surface area contributed by atoms with Crippen molar-refractivity contribution < 1.29 is 4.79 Å². The summed E-state index contributed by atoms with van der Waals surface area (Å²) in [5.74, 6) is 0. The van der Waals surface area contributed by atoms with Crippen molar-refractivity contribution in [3.63, 3.8) is 0 Å². The molecule has 11 heavy (non-hydrogen) atoms. The smallest absolute Gasteiger partial charge is 0.322 e. The Morgan fingerprint density at radius 1 is 1.82 bits per heavy atom. The molecule has 0 saturated carbocycles. The Morgan fingerprint density at radius 3 is 3.18 bits per heavy atom. The lowest BCUT2D eigenvalue weighted by molar-refractivity contribution is 0.225. The highest BCUT2D eigenvalue weighted by atomic mass is 16.2. The van der Waals surface area contributed by atoms with Gasteiger partial charge in [-0.25, -0.2) is 9.79 Å². The number of hydrogen-bond donors (Lipinski definition) is 1. The Labute approximate surface area is 65.6 Å². The Bertz CT molecular complexity index is 198. The fourth-order valence-electron chi connectivity index (χ4n) is 0.776. The maximum Gasteiger partial charge on any atom is 0.322 e. The van der Waals surface area contributed by atoms with Crippen molar-refractivity contribution >= 4 is 12.4 Å². The minimum atomic E-state index is -0.0967. The van der Waals surface area contributed by atoms with Gasteiger partial charge in [0.15, 0.2) is 0 Å². The third kappa shape index (κ3) is 2.07. The van der Waals surface area contributed by atoms with Gasteiger partial charge in [-0.1, -0.05) is 0 Å². The van der Waals surface area contributed by atoms with Crippen molar-refractivity contribution in [3.05, 3.63) is 12.3 Å². The molecule has 0 bridgehead atoms. The molecule has 1 N–H and O–H groups in total. The summed E-state index contributed by atoms with van der Waals surface area (Å²) in [6.45, 7) is 3.14. The molecule has 0 unspecified atom stereocenters. The third-order valence-corrected chi connectivity index (χ3v) is 1.29. The van der Waals surface area contributed by atoms with E-state index in [0.29, 0.717) is 13.1 Å². The van der Waals surface area contributed by atoms with Gasteiger partial charge in [-0.3, -0.25) is 4.90 Å². The van der Waals surface area contributed by atoms with Crippen LogP contribution in [0.25, 0.3) is 0 Å². The first-order valence-electron chi connectivity index (χ1n) is 3.57. The topological polar surface area (TPSA) is 44.7 Å². The minimum absolute atomic E-state index is 0.0967. The Kier molecular flexibility index (Phi) is 2.66. The third-order valence-electron chi connectivity index (χ3n) is 1.29. The highest BCUT2D eigenvalue weighted by molar-refractivity contribution is 5.87. The van der Waals surface area contributed by atoms with E-state index in [0.717, 1.165) is 0 Å². The Balaban J connectivity index is 2.42. The van der Waals surface area contributed by atoms with Crippen LogP contribution in [0.15, 0.2) is 17.3 Å². The van der Waals surface area contributed by atoms with Crippen molar-refractivity contribution in [3.8, 4) is 0 Å². The summed E-state index contributed by atoms with van der Waals surface area (Å²) in [5, 5.41) is 2.68. The van der Waals surface area contributed by atoms with Gasteiger partial charge in [-0.05, 0) is 13.0 Å². The van der Waals surface area contributed by atoms with Gasteiger partial charge in [0.05, 0.1) is 6.34 Å². The monoisotopic (exact) mass is 153 g/mol. The van der Waals surface area contributed by atoms with Crippen molar-refractivity contribution in [1.82, 2.24) is 10.2 Å². The summed E-state index contributed by atoms with van der Waals surface area (Å²) in [6.07, 6.45) is 5.02. The molecule has 1 heterocycles. The normalized spacial score (nSPS) is 15.2. The number of amides is 2. The number of rotatable bonds is 1. The van der Waals surface area contributed by atoms with Crippen LogP contribution in [0.3, 0.4) is 0 Å². The van der Waals surface area contributed by atoms with E-state index in [2.05, 4.69) is 10.3 Å². The van der Waals surface area contributed by atoms with Crippen LogP contribution in [0.2, 0.25) is 0 Å². The summed E-state index contributed by atoms with van der Waals surface area (Å²) in [5.41, 5.74) is 0. The van der Waals surface area contributed by atoms with Crippen LogP contribution in [-0.4, -0.2) is 30.4 Å². The van der Waals surface area contributed by atoms with Gasteiger partial charge in [0.2, 0.25) is 0 Å². The van der Waals surface area contributed by atoms with Crippen LogP contribution in [0.1, 0.15) is 6.92 Å². The van der Waals surface area contributed by atoms with E-state index in [1.165, 1.54) is 11.2 Å². The molecule has 2 amide bonds. The number of nitrogens with zero attached hydrogens (tertiary/aromatic N) is 2. The number of carbonyl (C=O) groups excluding carboxylic acids is 1. The lowest BCUT2D eigenvalue weighted by Crippen LogP contribution is -2.39. The van der Waals surface area contributed by atoms with Gasteiger partial charge >= 0.3 is 6.03 Å². The molecular formula is C7H11N3O. The van der Waals surface area contributed by atoms with Gasteiger partial charge < -0.3 is 5.32 Å². The second kappa shape index (κ2) is 3.75. The summed E-state index contributed by atoms with van der Waals surface area (Å²) in [7, 11) is 0. The van der Waals surface area contributed by atoms with Crippen LogP contribution in [0, 0.1) is 0 Å². The predicted molar refractivity (Wildman–Crippen MR) is 43.4 cm³/mol. The summed E-state index contributed by atoms with van der Waals surface area (Å²) < 4.78 is 0. The number of hydrogen-bond acceptors (Lipinski definition) is 2. The van der Waals surface area contributed by atoms with Crippen LogP contribution in [0.4, 0.5) is 4.79 Å². The van der Waals surface area contributed by atoms with Crippen molar-refractivity contribution in [1.29, 1.82) is 0 Å². The molecular weight excluding hydrogens is 142 g/mol. The fraction of sp³-hybridized carbons (Fsp3) is 0.429. The van der Waals surface area contributed by atoms with Gasteiger partial charge in [0, 0.05) is 19.3 Å². The van der Waals surface area contributed by atoms with Crippen LogP contribution in [-0.2, 0) is 0 Å². The van der Waals surface area contributed by atoms with Gasteiger partial charge in [-0.15, -0.1) is 0 Å². The fourth-order valence-corrected chi connectivity index (χ4v) is 0.776. The van der Waals surface area contributed by atoms with E-state index < -0.39 is 0 Å². The lowest BCUT2D eigenvalue weighted by atomic mass is 10.5. The molecule has 4 heteroatoms. The predicted octanol–water partition coefficient (Wildman–Crippen LogP) is 0.574. The van der Waals surface area contributed by atoms with E-state index in [9.17, 15) is 4.79 Å². The number of urea groups is 1. The summed E-state index contributed by atoms with van der Waals surface area (Å²) in [4.78, 5) is 16.4. The maximum atomic E-state index is 11.1. The molecule has 0 aromatic rings. The molecule has 1 rings (SSSR count). The van der Waals surface area contributed by atoms with E-state index in [1.807, 2.05) is 13.0 Å². The summed E-state index contributed by atoms with van der Waals surface area (Å²) in [6, 6.07) is -0.0967. The second-order valence-corrected chi connectivity index (χ2v) is 2.14. The molecule has 0 spiro atoms. The zero-order chi connectivity index (χ0) is 8.10. The number of nitrogens with one attached hydrogen (secondary N) is 1. The average Bonchev–Trinajstić information content (AvgIpc) is 2.07. The van der Waals surface area contributed by atoms with Crippen LogP contribution in [0.5, 0.6) is 0 Å². The van der Waals surface area contributed by atoms with Gasteiger partial charge in [0.1, 0.15) is 0 Å².